The fraction of sp³-hybridized carbons (Fsp3) is 0.800. The van der Waals surface area contributed by atoms with Crippen LogP contribution < -0.4 is 5.32 Å². The van der Waals surface area contributed by atoms with Gasteiger partial charge in [0.1, 0.15) is 0 Å². The minimum absolute atomic E-state index is 0.00809. The minimum atomic E-state index is -3.99. The molecule has 12 heavy (non-hydrogen) atoms. The van der Waals surface area contributed by atoms with Gasteiger partial charge < -0.3 is 20.2 Å². The zero-order valence-corrected chi connectivity index (χ0v) is 7.33. The van der Waals surface area contributed by atoms with Crippen LogP contribution in [0.2, 0.25) is 0 Å². The van der Waals surface area contributed by atoms with E-state index in [9.17, 15) is 9.36 Å². The van der Waals surface area contributed by atoms with Crippen LogP contribution >= 0.6 is 7.60 Å². The Bertz CT molecular complexity index is 188. The molecule has 0 saturated carbocycles. The van der Waals surface area contributed by atoms with Gasteiger partial charge in [0, 0.05) is 6.42 Å². The van der Waals surface area contributed by atoms with E-state index in [1.54, 1.807) is 0 Å². The number of aliphatic carboxylic acids is 1. The molecule has 7 heteroatoms. The summed E-state index contributed by atoms with van der Waals surface area (Å²) in [5, 5.41) is 10.6. The molecule has 72 valence electrons. The first kappa shape index (κ1) is 11.6. The first-order chi connectivity index (χ1) is 5.42. The number of nitrogens with one attached hydrogen (secondary N) is 1. The lowest BCUT2D eigenvalue weighted by Gasteiger charge is -2.04. The molecule has 0 radical (unpaired) electrons. The van der Waals surface area contributed by atoms with Gasteiger partial charge in [-0.25, -0.2) is 0 Å². The monoisotopic (exact) mass is 197 g/mol. The smallest absolute Gasteiger partial charge is 0.339 e. The summed E-state index contributed by atoms with van der Waals surface area (Å²) in [6.45, 7) is 0.303. The van der Waals surface area contributed by atoms with E-state index in [1.165, 1.54) is 0 Å². The van der Waals surface area contributed by atoms with Gasteiger partial charge in [0.2, 0.25) is 0 Å². The van der Waals surface area contributed by atoms with Crippen molar-refractivity contribution in [3.05, 3.63) is 0 Å². The third-order valence-corrected chi connectivity index (χ3v) is 1.70. The molecular weight excluding hydrogens is 185 g/mol. The number of hydrogen-bond acceptors (Lipinski definition) is 3. The van der Waals surface area contributed by atoms with Crippen LogP contribution in [-0.4, -0.2) is 33.7 Å². The van der Waals surface area contributed by atoms with E-state index in [0.717, 1.165) is 0 Å². The molecule has 0 unspecified atom stereocenters. The van der Waals surface area contributed by atoms with E-state index in [-0.39, 0.29) is 6.42 Å². The van der Waals surface area contributed by atoms with E-state index in [0.29, 0.717) is 13.0 Å². The summed E-state index contributed by atoms with van der Waals surface area (Å²) in [6.07, 6.45) is -0.0177. The average molecular weight is 197 g/mol. The molecule has 0 aromatic carbocycles. The van der Waals surface area contributed by atoms with Crippen LogP contribution in [0.25, 0.3) is 0 Å². The van der Waals surface area contributed by atoms with Gasteiger partial charge in [0.25, 0.3) is 0 Å². The molecule has 0 aromatic heterocycles. The van der Waals surface area contributed by atoms with Gasteiger partial charge in [-0.2, -0.15) is 0 Å². The normalized spacial score (nSPS) is 11.5. The average Bonchev–Trinajstić information content (AvgIpc) is 1.83. The highest BCUT2D eigenvalue weighted by molar-refractivity contribution is 7.51. The predicted molar refractivity (Wildman–Crippen MR) is 41.8 cm³/mol. The SMILES string of the molecule is O=C(O)CCCNCP(=O)(O)O. The Hall–Kier alpha value is -0.420. The number of carboxylic acid groups (broad SMARTS) is 1. The lowest BCUT2D eigenvalue weighted by molar-refractivity contribution is -0.137. The Labute approximate surface area is 69.8 Å². The van der Waals surface area contributed by atoms with E-state index in [1.807, 2.05) is 0 Å². The second-order valence-corrected chi connectivity index (χ2v) is 3.97. The molecule has 0 bridgehead atoms. The second kappa shape index (κ2) is 5.27. The first-order valence-electron chi connectivity index (χ1n) is 3.39. The molecule has 0 atom stereocenters. The summed E-state index contributed by atoms with van der Waals surface area (Å²) in [5.41, 5.74) is 0. The number of carboxylic acids is 1. The Balaban J connectivity index is 3.23. The van der Waals surface area contributed by atoms with E-state index in [2.05, 4.69) is 5.32 Å². The van der Waals surface area contributed by atoms with Gasteiger partial charge in [-0.15, -0.1) is 0 Å². The lowest BCUT2D eigenvalue weighted by atomic mass is 10.3. The minimum Gasteiger partial charge on any atom is -0.481 e. The molecule has 0 fully saturated rings. The topological polar surface area (TPSA) is 107 Å². The molecule has 0 amide bonds. The Kier molecular flexibility index (Phi) is 5.08. The molecular formula is C5H12NO5P. The Morgan fingerprint density at radius 2 is 2.00 bits per heavy atom. The standard InChI is InChI=1S/C5H12NO5P/c7-5(8)2-1-3-6-4-12(9,10)11/h6H,1-4H2,(H,7,8)(H2,9,10,11). The summed E-state index contributed by atoms with van der Waals surface area (Å²) in [7, 11) is -3.99. The highest BCUT2D eigenvalue weighted by Gasteiger charge is 2.10. The summed E-state index contributed by atoms with van der Waals surface area (Å²) in [4.78, 5) is 26.7. The van der Waals surface area contributed by atoms with Crippen molar-refractivity contribution < 1.29 is 24.3 Å². The summed E-state index contributed by atoms with van der Waals surface area (Å²) >= 11 is 0. The number of rotatable bonds is 6. The molecule has 0 heterocycles. The highest BCUT2D eigenvalue weighted by Crippen LogP contribution is 2.31. The van der Waals surface area contributed by atoms with Gasteiger partial charge >= 0.3 is 13.6 Å². The van der Waals surface area contributed by atoms with Gasteiger partial charge in [-0.05, 0) is 13.0 Å². The van der Waals surface area contributed by atoms with Gasteiger partial charge in [-0.1, -0.05) is 0 Å². The fourth-order valence-corrected chi connectivity index (χ4v) is 1.04. The van der Waals surface area contributed by atoms with Crippen molar-refractivity contribution in [2.45, 2.75) is 12.8 Å². The van der Waals surface area contributed by atoms with Crippen LogP contribution in [0.5, 0.6) is 0 Å². The molecule has 0 aliphatic heterocycles. The van der Waals surface area contributed by atoms with Crippen molar-refractivity contribution in [2.24, 2.45) is 0 Å². The van der Waals surface area contributed by atoms with Crippen molar-refractivity contribution in [3.8, 4) is 0 Å². The van der Waals surface area contributed by atoms with Crippen LogP contribution in [-0.2, 0) is 9.36 Å². The third-order valence-electron chi connectivity index (χ3n) is 1.06. The van der Waals surface area contributed by atoms with Crippen LogP contribution in [0, 0.1) is 0 Å². The molecule has 0 spiro atoms. The van der Waals surface area contributed by atoms with Crippen molar-refractivity contribution >= 4 is 13.6 Å². The molecule has 0 rings (SSSR count). The van der Waals surface area contributed by atoms with Crippen molar-refractivity contribution in [1.29, 1.82) is 0 Å². The molecule has 4 N–H and O–H groups in total. The summed E-state index contributed by atoms with van der Waals surface area (Å²) < 4.78 is 10.2. The zero-order chi connectivity index (χ0) is 9.61. The molecule has 0 aliphatic rings. The van der Waals surface area contributed by atoms with Crippen molar-refractivity contribution in [1.82, 2.24) is 5.32 Å². The van der Waals surface area contributed by atoms with Gasteiger partial charge in [0.05, 0.1) is 6.29 Å². The van der Waals surface area contributed by atoms with Gasteiger partial charge in [-0.3, -0.25) is 9.36 Å². The zero-order valence-electron chi connectivity index (χ0n) is 6.43. The summed E-state index contributed by atoms with van der Waals surface area (Å²) in [6, 6.07) is 0. The summed E-state index contributed by atoms with van der Waals surface area (Å²) in [5.74, 6) is -0.909. The first-order valence-corrected chi connectivity index (χ1v) is 5.18. The molecule has 6 nitrogen and oxygen atoms in total. The fourth-order valence-electron chi connectivity index (χ4n) is 0.589. The number of hydrogen-bond donors (Lipinski definition) is 4. The van der Waals surface area contributed by atoms with Crippen LogP contribution in [0.1, 0.15) is 12.8 Å². The maximum absolute atomic E-state index is 10.2. The van der Waals surface area contributed by atoms with Crippen LogP contribution in [0.15, 0.2) is 0 Å². The van der Waals surface area contributed by atoms with Crippen LogP contribution in [0.3, 0.4) is 0 Å². The quantitative estimate of drug-likeness (QED) is 0.340. The second-order valence-electron chi connectivity index (χ2n) is 2.32. The van der Waals surface area contributed by atoms with Crippen molar-refractivity contribution in [2.75, 3.05) is 12.8 Å². The lowest BCUT2D eigenvalue weighted by Crippen LogP contribution is -2.17. The Morgan fingerprint density at radius 3 is 2.42 bits per heavy atom. The van der Waals surface area contributed by atoms with E-state index in [4.69, 9.17) is 14.9 Å². The van der Waals surface area contributed by atoms with Crippen molar-refractivity contribution in [3.63, 3.8) is 0 Å². The number of carbonyl (C=O) groups is 1. The third kappa shape index (κ3) is 9.58. The predicted octanol–water partition coefficient (Wildman–Crippen LogP) is -0.424. The van der Waals surface area contributed by atoms with Crippen LogP contribution in [0.4, 0.5) is 0 Å². The van der Waals surface area contributed by atoms with Gasteiger partial charge in [0.15, 0.2) is 0 Å². The Morgan fingerprint density at radius 1 is 1.42 bits per heavy atom. The molecule has 0 aliphatic carbocycles. The van der Waals surface area contributed by atoms with E-state index >= 15 is 0 Å². The largest absolute Gasteiger partial charge is 0.481 e. The molecule has 0 aromatic rings. The maximum Gasteiger partial charge on any atom is 0.339 e. The molecule has 0 saturated heterocycles. The maximum atomic E-state index is 10.2. The van der Waals surface area contributed by atoms with E-state index < -0.39 is 19.9 Å². The highest BCUT2D eigenvalue weighted by atomic mass is 31.2.